The number of carboxylic acids is 1. The van der Waals surface area contributed by atoms with E-state index in [1.807, 2.05) is 0 Å². The van der Waals surface area contributed by atoms with E-state index in [-0.39, 0.29) is 0 Å². The largest absolute Gasteiger partial charge is 0.506 e. The van der Waals surface area contributed by atoms with Crippen LogP contribution in [0.4, 0.5) is 5.69 Å². The molecule has 5 rings (SSSR count). The molecule has 48 heavy (non-hydrogen) atoms. The third-order valence-corrected chi connectivity index (χ3v) is 8.03. The molecule has 1 fully saturated rings. The highest BCUT2D eigenvalue weighted by molar-refractivity contribution is 9.10. The Morgan fingerprint density at radius 1 is 0.833 bits per heavy atom. The number of fused-ring (bicyclic) bond motifs is 2. The summed E-state index contributed by atoms with van der Waals surface area (Å²) in [6.45, 7) is 1.64. The fourth-order valence-corrected chi connectivity index (χ4v) is 5.34. The van der Waals surface area contributed by atoms with Crippen molar-refractivity contribution in [2.75, 3.05) is 51.4 Å². The summed E-state index contributed by atoms with van der Waals surface area (Å²) < 4.78 is 13.0. The number of carbonyl (C=O) groups excluding carboxylic acids is 3. The highest BCUT2D eigenvalue weighted by atomic mass is 79.9. The lowest BCUT2D eigenvalue weighted by molar-refractivity contribution is -0.139. The number of benzene rings is 2. The standard InChI is InChI=1S/C17H19N3O6.C14H13BrN2O5/c1-19-12-8-10(20-4-6-26-7-5-20)2-3-11(12)15(23)14(17(19)25)16(24)18-9-13(21)22;1-17-9-5-7(15)3-4-8(9)12(19)11(14(17)21)13(20)16-6-10(18)22-2/h2-3,8,23H,4-7,9H2,1H3,(H,18,24)(H,21,22);3-5,19H,6H2,1-2H3,(H,16,20). The van der Waals surface area contributed by atoms with E-state index in [2.05, 4.69) is 36.2 Å². The van der Waals surface area contributed by atoms with Crippen LogP contribution in [-0.4, -0.2) is 94.7 Å². The van der Waals surface area contributed by atoms with E-state index in [0.29, 0.717) is 35.0 Å². The number of aryl methyl sites for hydroxylation is 2. The highest BCUT2D eigenvalue weighted by Gasteiger charge is 2.23. The van der Waals surface area contributed by atoms with Crippen molar-refractivity contribution in [2.24, 2.45) is 14.1 Å². The molecule has 0 saturated carbocycles. The summed E-state index contributed by atoms with van der Waals surface area (Å²) in [7, 11) is 4.17. The molecular weight excluding hydrogens is 698 g/mol. The Hall–Kier alpha value is -5.42. The van der Waals surface area contributed by atoms with E-state index < -0.39 is 70.6 Å². The number of aliphatic carboxylic acids is 1. The van der Waals surface area contributed by atoms with Crippen LogP contribution in [0.5, 0.6) is 11.5 Å². The van der Waals surface area contributed by atoms with Gasteiger partial charge in [-0.25, -0.2) is 0 Å². The summed E-state index contributed by atoms with van der Waals surface area (Å²) in [5.74, 6) is -4.55. The van der Waals surface area contributed by atoms with E-state index in [9.17, 15) is 39.0 Å². The molecule has 5 N–H and O–H groups in total. The second kappa shape index (κ2) is 15.0. The minimum absolute atomic E-state index is 0.338. The van der Waals surface area contributed by atoms with Gasteiger partial charge in [-0.15, -0.1) is 0 Å². The molecule has 0 atom stereocenters. The lowest BCUT2D eigenvalue weighted by Crippen LogP contribution is -2.36. The number of rotatable bonds is 7. The van der Waals surface area contributed by atoms with Crippen LogP contribution in [0.1, 0.15) is 20.7 Å². The Balaban J connectivity index is 0.000000220. The van der Waals surface area contributed by atoms with Crippen molar-refractivity contribution < 1.29 is 44.0 Å². The SMILES string of the molecule is COC(=O)CNC(=O)c1c(O)c2ccc(Br)cc2n(C)c1=O.Cn1c(=O)c(C(=O)NCC(=O)O)c(O)c2ccc(N3CCOCC3)cc21. The van der Waals surface area contributed by atoms with Crippen molar-refractivity contribution in [2.45, 2.75) is 0 Å². The molecule has 0 aliphatic carbocycles. The Labute approximate surface area is 280 Å². The number of nitrogens with zero attached hydrogens (tertiary/aromatic N) is 3. The average Bonchev–Trinajstić information content (AvgIpc) is 3.08. The van der Waals surface area contributed by atoms with Gasteiger partial charge in [0.15, 0.2) is 0 Å². The van der Waals surface area contributed by atoms with Crippen LogP contribution >= 0.6 is 15.9 Å². The van der Waals surface area contributed by atoms with Crippen molar-refractivity contribution in [1.29, 1.82) is 0 Å². The molecule has 0 unspecified atom stereocenters. The number of anilines is 1. The fraction of sp³-hybridized carbons (Fsp3) is 0.290. The van der Waals surface area contributed by atoms with Crippen LogP contribution in [0.25, 0.3) is 21.8 Å². The molecule has 16 nitrogen and oxygen atoms in total. The van der Waals surface area contributed by atoms with Gasteiger partial charge in [-0.1, -0.05) is 15.9 Å². The quantitative estimate of drug-likeness (QED) is 0.167. The number of ether oxygens (including phenoxy) is 2. The summed E-state index contributed by atoms with van der Waals surface area (Å²) in [6, 6.07) is 10.2. The molecule has 3 heterocycles. The number of esters is 1. The number of hydrogen-bond donors (Lipinski definition) is 5. The number of hydrogen-bond acceptors (Lipinski definition) is 11. The predicted octanol–water partition coefficient (Wildman–Crippen LogP) is 0.805. The van der Waals surface area contributed by atoms with Gasteiger partial charge in [0, 0.05) is 48.1 Å². The Morgan fingerprint density at radius 3 is 1.85 bits per heavy atom. The number of aromatic hydroxyl groups is 2. The van der Waals surface area contributed by atoms with Gasteiger partial charge in [0.05, 0.1) is 31.4 Å². The summed E-state index contributed by atoms with van der Waals surface area (Å²) in [6.07, 6.45) is 0. The number of pyridine rings is 2. The monoisotopic (exact) mass is 729 g/mol. The van der Waals surface area contributed by atoms with Gasteiger partial charge >= 0.3 is 11.9 Å². The fourth-order valence-electron chi connectivity index (χ4n) is 4.99. The van der Waals surface area contributed by atoms with Gasteiger partial charge in [0.25, 0.3) is 22.9 Å². The van der Waals surface area contributed by atoms with Gasteiger partial charge < -0.3 is 49.5 Å². The maximum absolute atomic E-state index is 12.5. The maximum atomic E-state index is 12.5. The summed E-state index contributed by atoms with van der Waals surface area (Å²) in [5, 5.41) is 34.4. The predicted molar refractivity (Wildman–Crippen MR) is 177 cm³/mol. The van der Waals surface area contributed by atoms with E-state index in [1.54, 1.807) is 36.4 Å². The molecule has 17 heteroatoms. The molecule has 1 aliphatic heterocycles. The van der Waals surface area contributed by atoms with Crippen molar-refractivity contribution in [3.05, 3.63) is 72.7 Å². The van der Waals surface area contributed by atoms with Gasteiger partial charge in [-0.3, -0.25) is 28.8 Å². The van der Waals surface area contributed by atoms with Crippen molar-refractivity contribution in [3.8, 4) is 11.5 Å². The minimum Gasteiger partial charge on any atom is -0.506 e. The van der Waals surface area contributed by atoms with Crippen molar-refractivity contribution >= 4 is 67.2 Å². The van der Waals surface area contributed by atoms with Gasteiger partial charge in [-0.05, 0) is 36.4 Å². The lowest BCUT2D eigenvalue weighted by atomic mass is 10.1. The molecule has 2 aromatic carbocycles. The second-order valence-electron chi connectivity index (χ2n) is 10.5. The van der Waals surface area contributed by atoms with Crippen LogP contribution in [0.15, 0.2) is 50.5 Å². The van der Waals surface area contributed by atoms with Gasteiger partial charge in [0.1, 0.15) is 35.7 Å². The first-order valence-corrected chi connectivity index (χ1v) is 15.1. The van der Waals surface area contributed by atoms with E-state index in [1.165, 1.54) is 30.3 Å². The van der Waals surface area contributed by atoms with Crippen molar-refractivity contribution in [1.82, 2.24) is 19.8 Å². The number of nitrogens with one attached hydrogen (secondary N) is 2. The lowest BCUT2D eigenvalue weighted by Gasteiger charge is -2.29. The average molecular weight is 731 g/mol. The van der Waals surface area contributed by atoms with Crippen molar-refractivity contribution in [3.63, 3.8) is 0 Å². The van der Waals surface area contributed by atoms with Crippen LogP contribution in [0, 0.1) is 0 Å². The molecule has 0 radical (unpaired) electrons. The summed E-state index contributed by atoms with van der Waals surface area (Å²) >= 11 is 3.28. The number of halogens is 1. The molecule has 2 amide bonds. The summed E-state index contributed by atoms with van der Waals surface area (Å²) in [4.78, 5) is 72.8. The Kier molecular flexibility index (Phi) is 11.1. The van der Waals surface area contributed by atoms with Gasteiger partial charge in [0.2, 0.25) is 0 Å². The normalized spacial score (nSPS) is 12.6. The first kappa shape index (κ1) is 35.4. The first-order chi connectivity index (χ1) is 22.8. The Morgan fingerprint density at radius 2 is 1.33 bits per heavy atom. The van der Waals surface area contributed by atoms with E-state index in [4.69, 9.17) is 9.84 Å². The van der Waals surface area contributed by atoms with Crippen LogP contribution in [0.3, 0.4) is 0 Å². The molecule has 0 spiro atoms. The zero-order chi connectivity index (χ0) is 35.3. The van der Waals surface area contributed by atoms with Crippen LogP contribution < -0.4 is 26.7 Å². The van der Waals surface area contributed by atoms with E-state index in [0.717, 1.165) is 23.2 Å². The van der Waals surface area contributed by atoms with Crippen LogP contribution in [0.2, 0.25) is 0 Å². The zero-order valence-corrected chi connectivity index (χ0v) is 27.6. The third-order valence-electron chi connectivity index (χ3n) is 7.54. The number of aromatic nitrogens is 2. The Bertz CT molecular complexity index is 2050. The number of carbonyl (C=O) groups is 4. The zero-order valence-electron chi connectivity index (χ0n) is 26.0. The molecular formula is C31H32BrN5O11. The second-order valence-corrected chi connectivity index (χ2v) is 11.4. The molecule has 0 bridgehead atoms. The van der Waals surface area contributed by atoms with Gasteiger partial charge in [-0.2, -0.15) is 0 Å². The smallest absolute Gasteiger partial charge is 0.325 e. The molecule has 2 aromatic heterocycles. The number of methoxy groups -OCH3 is 1. The highest BCUT2D eigenvalue weighted by Crippen LogP contribution is 2.30. The summed E-state index contributed by atoms with van der Waals surface area (Å²) in [5.41, 5.74) is -0.407. The first-order valence-electron chi connectivity index (χ1n) is 14.3. The maximum Gasteiger partial charge on any atom is 0.325 e. The molecule has 4 aromatic rings. The van der Waals surface area contributed by atoms with E-state index >= 15 is 0 Å². The molecule has 1 aliphatic rings. The molecule has 1 saturated heterocycles. The number of carboxylic acid groups (broad SMARTS) is 1. The van der Waals surface area contributed by atoms with Crippen LogP contribution in [-0.2, 0) is 33.2 Å². The third kappa shape index (κ3) is 7.42. The minimum atomic E-state index is -1.24. The topological polar surface area (TPSA) is 219 Å². The number of morpholine rings is 1. The number of amides is 2. The molecule has 254 valence electrons.